The standard InChI is InChI=1S/C35H44N2O11/c1-33-13-10-22(38)18-21(33)5-6-23-24(33)11-14-34(2)25(23)12-15-35(34,44)29(40)19-48-31(42)9-8-30(41)36-26(32(43)47-3)16-20-4-7-28(39)27(17-20)37(45)46/h4,7,17-18,23-26,39,44H,5-6,8-16,19H2,1-3H3,(H,36,41)/t23-,24+,25+,26-,33-,34-,35-/m0/s1. The Hall–Kier alpha value is -4.13. The molecule has 7 atom stereocenters. The van der Waals surface area contributed by atoms with Gasteiger partial charge in [0.05, 0.1) is 18.5 Å². The number of amides is 1. The van der Waals surface area contributed by atoms with E-state index in [-0.39, 0.29) is 41.9 Å². The molecule has 0 radical (unpaired) electrons. The third-order valence-corrected chi connectivity index (χ3v) is 12.0. The molecule has 3 fully saturated rings. The number of benzene rings is 1. The summed E-state index contributed by atoms with van der Waals surface area (Å²) in [6, 6.07) is 2.34. The summed E-state index contributed by atoms with van der Waals surface area (Å²) in [6.07, 6.45) is 6.57. The quantitative estimate of drug-likeness (QED) is 0.177. The van der Waals surface area contributed by atoms with Gasteiger partial charge in [0, 0.05) is 30.7 Å². The Kier molecular flexibility index (Phi) is 9.83. The molecule has 0 saturated heterocycles. The van der Waals surface area contributed by atoms with Gasteiger partial charge in [0.15, 0.2) is 18.1 Å². The van der Waals surface area contributed by atoms with Crippen LogP contribution < -0.4 is 5.32 Å². The summed E-state index contributed by atoms with van der Waals surface area (Å²) in [4.78, 5) is 73.5. The molecule has 1 aromatic rings. The van der Waals surface area contributed by atoms with Crippen molar-refractivity contribution in [3.63, 3.8) is 0 Å². The van der Waals surface area contributed by atoms with E-state index >= 15 is 0 Å². The average molecular weight is 669 g/mol. The fourth-order valence-electron chi connectivity index (χ4n) is 9.27. The van der Waals surface area contributed by atoms with E-state index < -0.39 is 70.1 Å². The maximum absolute atomic E-state index is 13.5. The number of nitro benzene ring substituents is 1. The normalized spacial score (nSPS) is 31.3. The zero-order chi connectivity index (χ0) is 35.0. The van der Waals surface area contributed by atoms with Gasteiger partial charge in [0.2, 0.25) is 11.7 Å². The van der Waals surface area contributed by atoms with Gasteiger partial charge < -0.3 is 25.0 Å². The van der Waals surface area contributed by atoms with E-state index in [1.165, 1.54) is 11.6 Å². The third kappa shape index (κ3) is 6.36. The minimum Gasteiger partial charge on any atom is -0.502 e. The van der Waals surface area contributed by atoms with Crippen molar-refractivity contribution in [2.24, 2.45) is 28.6 Å². The summed E-state index contributed by atoms with van der Waals surface area (Å²) in [7, 11) is 1.12. The number of hydrogen-bond donors (Lipinski definition) is 3. The largest absolute Gasteiger partial charge is 0.502 e. The lowest BCUT2D eigenvalue weighted by Crippen LogP contribution is -2.58. The van der Waals surface area contributed by atoms with Gasteiger partial charge in [-0.2, -0.15) is 0 Å². The van der Waals surface area contributed by atoms with Crippen LogP contribution in [0.15, 0.2) is 29.8 Å². The number of aliphatic hydroxyl groups is 1. The van der Waals surface area contributed by atoms with E-state index in [2.05, 4.69) is 12.2 Å². The molecular weight excluding hydrogens is 624 g/mol. The Labute approximate surface area is 278 Å². The van der Waals surface area contributed by atoms with Crippen LogP contribution in [-0.4, -0.2) is 69.9 Å². The number of methoxy groups -OCH3 is 1. The van der Waals surface area contributed by atoms with Crippen LogP contribution in [0.3, 0.4) is 0 Å². The molecule has 1 aromatic carbocycles. The zero-order valence-electron chi connectivity index (χ0n) is 27.6. The SMILES string of the molecule is COC(=O)[C@H](Cc1ccc(O)c([N+](=O)[O-])c1)NC(=O)CCC(=O)OCC(=O)[C@@]1(O)CC[C@@H]2[C@H]3CCC4=CC(=O)CC[C@]4(C)[C@@H]3CC[C@@]21C. The molecule has 3 N–H and O–H groups in total. The number of carbonyl (C=O) groups is 5. The van der Waals surface area contributed by atoms with Gasteiger partial charge in [-0.15, -0.1) is 0 Å². The number of hydrogen-bond acceptors (Lipinski definition) is 11. The number of esters is 2. The predicted molar refractivity (Wildman–Crippen MR) is 169 cm³/mol. The molecule has 5 rings (SSSR count). The van der Waals surface area contributed by atoms with Crippen LogP contribution in [-0.2, 0) is 39.9 Å². The van der Waals surface area contributed by atoms with Crippen molar-refractivity contribution in [2.45, 2.75) is 96.1 Å². The highest BCUT2D eigenvalue weighted by Crippen LogP contribution is 2.67. The van der Waals surface area contributed by atoms with Crippen molar-refractivity contribution < 1.29 is 48.6 Å². The number of nitrogens with one attached hydrogen (secondary N) is 1. The Morgan fingerprint density at radius 3 is 2.50 bits per heavy atom. The summed E-state index contributed by atoms with van der Waals surface area (Å²) < 4.78 is 9.97. The Bertz CT molecular complexity index is 1550. The molecule has 3 saturated carbocycles. The van der Waals surface area contributed by atoms with Crippen LogP contribution in [0, 0.1) is 38.7 Å². The fraction of sp³-hybridized carbons (Fsp3) is 0.629. The van der Waals surface area contributed by atoms with Gasteiger partial charge in [0.25, 0.3) is 0 Å². The minimum absolute atomic E-state index is 0.0339. The third-order valence-electron chi connectivity index (χ3n) is 12.0. The Morgan fingerprint density at radius 1 is 1.06 bits per heavy atom. The van der Waals surface area contributed by atoms with Crippen molar-refractivity contribution in [1.82, 2.24) is 5.32 Å². The first-order chi connectivity index (χ1) is 22.6. The molecule has 0 heterocycles. The lowest BCUT2D eigenvalue weighted by Gasteiger charge is -2.58. The summed E-state index contributed by atoms with van der Waals surface area (Å²) in [5.41, 5.74) is -1.37. The fourth-order valence-corrected chi connectivity index (χ4v) is 9.27. The van der Waals surface area contributed by atoms with Gasteiger partial charge in [-0.05, 0) is 85.8 Å². The number of aromatic hydroxyl groups is 1. The highest BCUT2D eigenvalue weighted by Gasteiger charge is 2.66. The van der Waals surface area contributed by atoms with Gasteiger partial charge in [-0.25, -0.2) is 4.79 Å². The number of ether oxygens (including phenoxy) is 2. The number of ketones is 2. The van der Waals surface area contributed by atoms with Gasteiger partial charge in [0.1, 0.15) is 11.6 Å². The molecule has 4 aliphatic rings. The van der Waals surface area contributed by atoms with Crippen LogP contribution >= 0.6 is 0 Å². The number of nitro groups is 1. The molecule has 13 nitrogen and oxygen atoms in total. The number of phenols is 1. The first-order valence-electron chi connectivity index (χ1n) is 16.6. The van der Waals surface area contributed by atoms with E-state index in [0.717, 1.165) is 44.9 Å². The number of nitrogens with zero attached hydrogens (tertiary/aromatic N) is 1. The minimum atomic E-state index is -1.64. The van der Waals surface area contributed by atoms with E-state index in [4.69, 9.17) is 9.47 Å². The van der Waals surface area contributed by atoms with E-state index in [1.54, 1.807) is 0 Å². The second-order valence-electron chi connectivity index (χ2n) is 14.3. The topological polar surface area (TPSA) is 199 Å². The second-order valence-corrected chi connectivity index (χ2v) is 14.3. The van der Waals surface area contributed by atoms with Gasteiger partial charge in [-0.3, -0.25) is 29.3 Å². The monoisotopic (exact) mass is 668 g/mol. The van der Waals surface area contributed by atoms with Crippen molar-refractivity contribution in [3.05, 3.63) is 45.5 Å². The number of phenolic OH excluding ortho intramolecular Hbond substituents is 1. The second kappa shape index (κ2) is 13.4. The maximum atomic E-state index is 13.5. The van der Waals surface area contributed by atoms with E-state index in [0.29, 0.717) is 31.1 Å². The molecule has 13 heteroatoms. The van der Waals surface area contributed by atoms with E-state index in [1.807, 2.05) is 13.0 Å². The molecule has 1 amide bonds. The summed E-state index contributed by atoms with van der Waals surface area (Å²) in [5.74, 6) is -2.36. The summed E-state index contributed by atoms with van der Waals surface area (Å²) in [6.45, 7) is 3.64. The summed E-state index contributed by atoms with van der Waals surface area (Å²) >= 11 is 0. The van der Waals surface area contributed by atoms with Crippen LogP contribution in [0.25, 0.3) is 0 Å². The summed E-state index contributed by atoms with van der Waals surface area (Å²) in [5, 5.41) is 35.1. The Balaban J connectivity index is 1.14. The van der Waals surface area contributed by atoms with Crippen molar-refractivity contribution in [2.75, 3.05) is 13.7 Å². The molecule has 4 aliphatic carbocycles. The first kappa shape index (κ1) is 35.2. The number of rotatable bonds is 11. The maximum Gasteiger partial charge on any atom is 0.328 e. The first-order valence-corrected chi connectivity index (χ1v) is 16.6. The van der Waals surface area contributed by atoms with Crippen molar-refractivity contribution in [1.29, 1.82) is 0 Å². The predicted octanol–water partition coefficient (Wildman–Crippen LogP) is 3.66. The highest BCUT2D eigenvalue weighted by atomic mass is 16.6. The molecular formula is C35H44N2O11. The number of fused-ring (bicyclic) bond motifs is 5. The highest BCUT2D eigenvalue weighted by molar-refractivity contribution is 5.92. The van der Waals surface area contributed by atoms with Crippen LogP contribution in [0.2, 0.25) is 0 Å². The molecule has 48 heavy (non-hydrogen) atoms. The van der Waals surface area contributed by atoms with Crippen LogP contribution in [0.4, 0.5) is 5.69 Å². The molecule has 0 unspecified atom stereocenters. The van der Waals surface area contributed by atoms with Crippen molar-refractivity contribution >= 4 is 35.1 Å². The van der Waals surface area contributed by atoms with Gasteiger partial charge in [-0.1, -0.05) is 25.5 Å². The molecule has 0 spiro atoms. The Morgan fingerprint density at radius 2 is 1.79 bits per heavy atom. The number of carbonyl (C=O) groups excluding carboxylic acids is 5. The van der Waals surface area contributed by atoms with Gasteiger partial charge >= 0.3 is 17.6 Å². The molecule has 260 valence electrons. The average Bonchev–Trinajstić information content (AvgIpc) is 3.34. The zero-order valence-corrected chi connectivity index (χ0v) is 27.6. The van der Waals surface area contributed by atoms with Crippen LogP contribution in [0.5, 0.6) is 5.75 Å². The van der Waals surface area contributed by atoms with E-state index in [9.17, 15) is 44.3 Å². The van der Waals surface area contributed by atoms with Crippen LogP contribution in [0.1, 0.15) is 83.6 Å². The molecule has 0 aromatic heterocycles. The number of Topliss-reactive ketones (excluding diaryl/α,β-unsaturated/α-hetero) is 1. The van der Waals surface area contributed by atoms with Crippen molar-refractivity contribution in [3.8, 4) is 5.75 Å². The lowest BCUT2D eigenvalue weighted by molar-refractivity contribution is -0.385. The molecule has 0 aliphatic heterocycles. The molecule has 0 bridgehead atoms. The number of allylic oxidation sites excluding steroid dienone is 1. The lowest BCUT2D eigenvalue weighted by atomic mass is 9.46. The smallest absolute Gasteiger partial charge is 0.328 e.